The maximum atomic E-state index is 13.6. The number of carboxylic acids is 1. The second-order valence-corrected chi connectivity index (χ2v) is 6.83. The number of aliphatic carboxylic acids is 1. The second kappa shape index (κ2) is 8.61. The summed E-state index contributed by atoms with van der Waals surface area (Å²) in [7, 11) is -1.50. The molecule has 5 nitrogen and oxygen atoms in total. The zero-order valence-corrected chi connectivity index (χ0v) is 14.1. The van der Waals surface area contributed by atoms with Crippen molar-refractivity contribution < 1.29 is 32.1 Å². The van der Waals surface area contributed by atoms with Crippen LogP contribution in [0, 0.1) is 17.5 Å². The van der Waals surface area contributed by atoms with Gasteiger partial charge < -0.3 is 10.4 Å². The number of rotatable bonds is 7. The summed E-state index contributed by atoms with van der Waals surface area (Å²) in [5, 5.41) is 11.1. The van der Waals surface area contributed by atoms with Crippen LogP contribution in [0.15, 0.2) is 47.4 Å². The first-order chi connectivity index (χ1) is 12.3. The molecule has 1 amide bonds. The first kappa shape index (κ1) is 19.6. The second-order valence-electron chi connectivity index (χ2n) is 5.26. The lowest BCUT2D eigenvalue weighted by Crippen LogP contribution is -2.42. The van der Waals surface area contributed by atoms with Crippen LogP contribution in [0.25, 0.3) is 0 Å². The molecule has 0 saturated carbocycles. The van der Waals surface area contributed by atoms with Crippen molar-refractivity contribution in [2.45, 2.75) is 17.4 Å². The highest BCUT2D eigenvalue weighted by molar-refractivity contribution is 7.85. The van der Waals surface area contributed by atoms with E-state index in [1.807, 2.05) is 5.32 Å². The molecule has 2 aromatic carbocycles. The molecular formula is C17H14F3NO4S. The Kier molecular flexibility index (Phi) is 6.51. The first-order valence-corrected chi connectivity index (χ1v) is 8.73. The molecule has 138 valence electrons. The molecule has 0 unspecified atom stereocenters. The quantitative estimate of drug-likeness (QED) is 0.767. The molecule has 0 bridgehead atoms. The fourth-order valence-corrected chi connectivity index (χ4v) is 3.31. The highest BCUT2D eigenvalue weighted by Gasteiger charge is 2.25. The Hall–Kier alpha value is -2.68. The largest absolute Gasteiger partial charge is 0.480 e. The first-order valence-electron chi connectivity index (χ1n) is 7.41. The molecule has 0 radical (unpaired) electrons. The standard InChI is InChI=1S/C17H14F3NO4S/c18-10-8-12(19)15(13(20)9-10)16(22)21-14(17(23)24)6-7-26(25)11-4-2-1-3-5-11/h1-5,8-9,14H,6-7H2,(H,21,22)(H,23,24)/t14-,26+/m0/s1. The number of carboxylic acid groups (broad SMARTS) is 1. The molecule has 0 aliphatic rings. The Bertz CT molecular complexity index is 822. The van der Waals surface area contributed by atoms with Gasteiger partial charge in [0, 0.05) is 22.8 Å². The maximum Gasteiger partial charge on any atom is 0.326 e. The van der Waals surface area contributed by atoms with E-state index in [4.69, 9.17) is 0 Å². The van der Waals surface area contributed by atoms with E-state index < -0.39 is 51.7 Å². The lowest BCUT2D eigenvalue weighted by molar-refractivity contribution is -0.139. The highest BCUT2D eigenvalue weighted by atomic mass is 32.2. The third kappa shape index (κ3) is 4.92. The van der Waals surface area contributed by atoms with Gasteiger partial charge in [-0.25, -0.2) is 18.0 Å². The van der Waals surface area contributed by atoms with Crippen LogP contribution in [-0.2, 0) is 15.6 Å². The fraction of sp³-hybridized carbons (Fsp3) is 0.176. The van der Waals surface area contributed by atoms with Crippen LogP contribution >= 0.6 is 0 Å². The number of benzene rings is 2. The summed E-state index contributed by atoms with van der Waals surface area (Å²) in [4.78, 5) is 23.7. The van der Waals surface area contributed by atoms with Crippen LogP contribution in [0.4, 0.5) is 13.2 Å². The number of hydrogen-bond donors (Lipinski definition) is 2. The van der Waals surface area contributed by atoms with Gasteiger partial charge in [0.05, 0.1) is 10.8 Å². The maximum absolute atomic E-state index is 13.6. The molecule has 26 heavy (non-hydrogen) atoms. The van der Waals surface area contributed by atoms with Crippen LogP contribution in [-0.4, -0.2) is 33.0 Å². The predicted octanol–water partition coefficient (Wildman–Crippen LogP) is 2.48. The van der Waals surface area contributed by atoms with Gasteiger partial charge in [0.2, 0.25) is 0 Å². The molecule has 0 fully saturated rings. The smallest absolute Gasteiger partial charge is 0.326 e. The minimum atomic E-state index is -1.51. The van der Waals surface area contributed by atoms with Crippen LogP contribution in [0.1, 0.15) is 16.8 Å². The van der Waals surface area contributed by atoms with Crippen LogP contribution in [0.5, 0.6) is 0 Å². The minimum absolute atomic E-state index is 0.0877. The normalized spacial score (nSPS) is 13.0. The van der Waals surface area contributed by atoms with Gasteiger partial charge >= 0.3 is 5.97 Å². The molecule has 0 spiro atoms. The zero-order chi connectivity index (χ0) is 19.3. The van der Waals surface area contributed by atoms with Gasteiger partial charge in [-0.05, 0) is 18.6 Å². The molecule has 2 aromatic rings. The Morgan fingerprint density at radius 1 is 1.08 bits per heavy atom. The van der Waals surface area contributed by atoms with E-state index in [1.165, 1.54) is 0 Å². The summed E-state index contributed by atoms with van der Waals surface area (Å²) in [6, 6.07) is 7.40. The molecule has 2 atom stereocenters. The average molecular weight is 385 g/mol. The zero-order valence-electron chi connectivity index (χ0n) is 13.2. The number of amides is 1. The van der Waals surface area contributed by atoms with E-state index in [1.54, 1.807) is 30.3 Å². The Morgan fingerprint density at radius 3 is 2.19 bits per heavy atom. The van der Waals surface area contributed by atoms with Crippen molar-refractivity contribution in [1.29, 1.82) is 0 Å². The molecular weight excluding hydrogens is 371 g/mol. The molecule has 0 saturated heterocycles. The number of hydrogen-bond acceptors (Lipinski definition) is 3. The minimum Gasteiger partial charge on any atom is -0.480 e. The molecule has 0 heterocycles. The SMILES string of the molecule is O=C(N[C@@H](CC[S@@](=O)c1ccccc1)C(=O)O)c1c(F)cc(F)cc1F. The third-order valence-corrected chi connectivity index (χ3v) is 4.84. The molecule has 9 heteroatoms. The van der Waals surface area contributed by atoms with Crippen molar-refractivity contribution in [1.82, 2.24) is 5.32 Å². The number of nitrogens with one attached hydrogen (secondary N) is 1. The van der Waals surface area contributed by atoms with Gasteiger partial charge in [-0.1, -0.05) is 18.2 Å². The van der Waals surface area contributed by atoms with E-state index in [-0.39, 0.29) is 12.2 Å². The number of carbonyl (C=O) groups is 2. The van der Waals surface area contributed by atoms with E-state index >= 15 is 0 Å². The molecule has 0 aliphatic heterocycles. The predicted molar refractivity (Wildman–Crippen MR) is 87.5 cm³/mol. The summed E-state index contributed by atoms with van der Waals surface area (Å²) >= 11 is 0. The lowest BCUT2D eigenvalue weighted by Gasteiger charge is -2.15. The topological polar surface area (TPSA) is 83.5 Å². The van der Waals surface area contributed by atoms with Crippen molar-refractivity contribution >= 4 is 22.7 Å². The highest BCUT2D eigenvalue weighted by Crippen LogP contribution is 2.15. The van der Waals surface area contributed by atoms with E-state index in [0.29, 0.717) is 17.0 Å². The Morgan fingerprint density at radius 2 is 1.65 bits per heavy atom. The van der Waals surface area contributed by atoms with Gasteiger partial charge in [-0.3, -0.25) is 9.00 Å². The Balaban J connectivity index is 2.08. The van der Waals surface area contributed by atoms with E-state index in [0.717, 1.165) is 0 Å². The number of halogens is 3. The van der Waals surface area contributed by atoms with Crippen molar-refractivity contribution in [2.75, 3.05) is 5.75 Å². The molecule has 2 rings (SSSR count). The van der Waals surface area contributed by atoms with Gasteiger partial charge in [-0.15, -0.1) is 0 Å². The third-order valence-electron chi connectivity index (χ3n) is 3.44. The van der Waals surface area contributed by atoms with Crippen LogP contribution in [0.2, 0.25) is 0 Å². The van der Waals surface area contributed by atoms with Crippen LogP contribution in [0.3, 0.4) is 0 Å². The lowest BCUT2D eigenvalue weighted by atomic mass is 10.1. The van der Waals surface area contributed by atoms with Crippen molar-refractivity contribution in [3.05, 3.63) is 65.5 Å². The van der Waals surface area contributed by atoms with Crippen molar-refractivity contribution in [2.24, 2.45) is 0 Å². The monoisotopic (exact) mass is 385 g/mol. The van der Waals surface area contributed by atoms with Gasteiger partial charge in [-0.2, -0.15) is 0 Å². The van der Waals surface area contributed by atoms with E-state index in [9.17, 15) is 32.1 Å². The summed E-state index contributed by atoms with van der Waals surface area (Å²) in [6.07, 6.45) is -0.229. The summed E-state index contributed by atoms with van der Waals surface area (Å²) in [5.41, 5.74) is -1.08. The average Bonchev–Trinajstić information content (AvgIpc) is 2.57. The van der Waals surface area contributed by atoms with Gasteiger partial charge in [0.25, 0.3) is 5.91 Å². The van der Waals surface area contributed by atoms with Gasteiger partial charge in [0.15, 0.2) is 0 Å². The summed E-state index contributed by atoms with van der Waals surface area (Å²) < 4.78 is 52.2. The van der Waals surface area contributed by atoms with Crippen molar-refractivity contribution in [3.8, 4) is 0 Å². The molecule has 2 N–H and O–H groups in total. The van der Waals surface area contributed by atoms with Gasteiger partial charge in [0.1, 0.15) is 29.1 Å². The number of carbonyl (C=O) groups excluding carboxylic acids is 1. The molecule has 0 aromatic heterocycles. The van der Waals surface area contributed by atoms with Crippen LogP contribution < -0.4 is 5.32 Å². The summed E-state index contributed by atoms with van der Waals surface area (Å²) in [5.74, 6) is -6.97. The summed E-state index contributed by atoms with van der Waals surface area (Å²) in [6.45, 7) is 0. The fourth-order valence-electron chi connectivity index (χ4n) is 2.16. The molecule has 0 aliphatic carbocycles. The van der Waals surface area contributed by atoms with Crippen molar-refractivity contribution in [3.63, 3.8) is 0 Å². The van der Waals surface area contributed by atoms with E-state index in [2.05, 4.69) is 0 Å². The Labute approximate surface area is 149 Å².